The van der Waals surface area contributed by atoms with Crippen molar-refractivity contribution in [3.8, 4) is 0 Å². The number of rotatable bonds is 2. The topological polar surface area (TPSA) is 47.0 Å². The van der Waals surface area contributed by atoms with Crippen molar-refractivity contribution in [2.45, 2.75) is 16.7 Å². The van der Waals surface area contributed by atoms with Crippen molar-refractivity contribution in [3.05, 3.63) is 64.3 Å². The molecule has 1 heterocycles. The molecule has 22 heavy (non-hydrogen) atoms. The van der Waals surface area contributed by atoms with Gasteiger partial charge in [0.1, 0.15) is 4.90 Å². The lowest BCUT2D eigenvalue weighted by Crippen LogP contribution is -2.04. The number of halogens is 2. The second kappa shape index (κ2) is 5.54. The van der Waals surface area contributed by atoms with Crippen LogP contribution in [-0.4, -0.2) is 13.4 Å². The smallest absolute Gasteiger partial charge is 0.209 e. The molecule has 0 aliphatic rings. The summed E-state index contributed by atoms with van der Waals surface area (Å²) < 4.78 is 25.5. The maximum atomic E-state index is 12.7. The highest BCUT2D eigenvalue weighted by atomic mass is 35.5. The van der Waals surface area contributed by atoms with E-state index < -0.39 is 9.84 Å². The highest BCUT2D eigenvalue weighted by molar-refractivity contribution is 7.91. The van der Waals surface area contributed by atoms with Gasteiger partial charge in [-0.25, -0.2) is 8.42 Å². The van der Waals surface area contributed by atoms with Crippen LogP contribution in [0.4, 0.5) is 0 Å². The molecule has 6 heteroatoms. The summed E-state index contributed by atoms with van der Waals surface area (Å²) in [5, 5.41) is 1.12. The zero-order chi connectivity index (χ0) is 15.9. The maximum Gasteiger partial charge on any atom is 0.209 e. The van der Waals surface area contributed by atoms with Crippen LogP contribution in [0.2, 0.25) is 10.0 Å². The van der Waals surface area contributed by atoms with E-state index in [2.05, 4.69) is 4.98 Å². The van der Waals surface area contributed by atoms with Crippen LogP contribution >= 0.6 is 23.2 Å². The van der Waals surface area contributed by atoms with Gasteiger partial charge in [0.05, 0.1) is 15.4 Å². The molecule has 3 rings (SSSR count). The number of aromatic nitrogens is 1. The Morgan fingerprint density at radius 3 is 2.36 bits per heavy atom. The van der Waals surface area contributed by atoms with Crippen molar-refractivity contribution in [1.29, 1.82) is 0 Å². The zero-order valence-electron chi connectivity index (χ0n) is 11.5. The molecule has 0 aliphatic carbocycles. The Hall–Kier alpha value is -1.62. The standard InChI is InChI=1S/C16H11Cl2NO2S/c1-10-2-5-12(6-3-10)22(20,21)15-9-19-14-7-4-11(17)8-13(14)16(15)18/h2-9H,1H3. The number of benzene rings is 2. The Morgan fingerprint density at radius 1 is 1.00 bits per heavy atom. The van der Waals surface area contributed by atoms with E-state index in [4.69, 9.17) is 23.2 Å². The molecule has 0 unspecified atom stereocenters. The summed E-state index contributed by atoms with van der Waals surface area (Å²) in [6.45, 7) is 1.89. The van der Waals surface area contributed by atoms with E-state index in [1.807, 2.05) is 6.92 Å². The van der Waals surface area contributed by atoms with Crippen molar-refractivity contribution in [2.75, 3.05) is 0 Å². The lowest BCUT2D eigenvalue weighted by Gasteiger charge is -2.09. The molecular formula is C16H11Cl2NO2S. The van der Waals surface area contributed by atoms with Gasteiger partial charge in [-0.1, -0.05) is 40.9 Å². The lowest BCUT2D eigenvalue weighted by atomic mass is 10.2. The largest absolute Gasteiger partial charge is 0.255 e. The van der Waals surface area contributed by atoms with Crippen molar-refractivity contribution in [3.63, 3.8) is 0 Å². The van der Waals surface area contributed by atoms with E-state index in [1.54, 1.807) is 42.5 Å². The average Bonchev–Trinajstić information content (AvgIpc) is 2.48. The number of aryl methyl sites for hydroxylation is 1. The second-order valence-corrected chi connectivity index (χ2v) is 7.65. The van der Waals surface area contributed by atoms with E-state index in [0.29, 0.717) is 15.9 Å². The molecule has 0 N–H and O–H groups in total. The number of hydrogen-bond donors (Lipinski definition) is 0. The summed E-state index contributed by atoms with van der Waals surface area (Å²) in [5.74, 6) is 0. The first-order valence-electron chi connectivity index (χ1n) is 6.45. The van der Waals surface area contributed by atoms with Gasteiger partial charge in [-0.2, -0.15) is 0 Å². The van der Waals surface area contributed by atoms with Crippen LogP contribution in [0.25, 0.3) is 10.9 Å². The van der Waals surface area contributed by atoms with Crippen LogP contribution < -0.4 is 0 Å². The van der Waals surface area contributed by atoms with Crippen LogP contribution in [0.15, 0.2) is 58.5 Å². The van der Waals surface area contributed by atoms with Gasteiger partial charge in [0, 0.05) is 16.6 Å². The first-order chi connectivity index (χ1) is 10.4. The molecule has 0 saturated carbocycles. The molecule has 0 bridgehead atoms. The average molecular weight is 352 g/mol. The number of sulfone groups is 1. The van der Waals surface area contributed by atoms with E-state index in [9.17, 15) is 8.42 Å². The Bertz CT molecular complexity index is 967. The zero-order valence-corrected chi connectivity index (χ0v) is 13.9. The van der Waals surface area contributed by atoms with E-state index in [0.717, 1.165) is 5.56 Å². The Kier molecular flexibility index (Phi) is 3.85. The molecule has 0 radical (unpaired) electrons. The quantitative estimate of drug-likeness (QED) is 0.673. The molecule has 2 aromatic carbocycles. The monoisotopic (exact) mass is 351 g/mol. The third-order valence-corrected chi connectivity index (χ3v) is 5.89. The summed E-state index contributed by atoms with van der Waals surface area (Å²) in [6.07, 6.45) is 1.29. The van der Waals surface area contributed by atoms with Crippen molar-refractivity contribution < 1.29 is 8.42 Å². The van der Waals surface area contributed by atoms with Crippen LogP contribution in [0.3, 0.4) is 0 Å². The molecule has 0 amide bonds. The summed E-state index contributed by atoms with van der Waals surface area (Å²) in [7, 11) is -3.73. The summed E-state index contributed by atoms with van der Waals surface area (Å²) >= 11 is 12.3. The summed E-state index contributed by atoms with van der Waals surface area (Å²) in [6, 6.07) is 11.6. The number of pyridine rings is 1. The van der Waals surface area contributed by atoms with Gasteiger partial charge in [0.25, 0.3) is 0 Å². The second-order valence-electron chi connectivity index (χ2n) is 4.91. The number of hydrogen-bond acceptors (Lipinski definition) is 3. The third kappa shape index (κ3) is 2.58. The minimum absolute atomic E-state index is 0.0206. The van der Waals surface area contributed by atoms with Crippen molar-refractivity contribution in [1.82, 2.24) is 4.98 Å². The van der Waals surface area contributed by atoms with Gasteiger partial charge < -0.3 is 0 Å². The lowest BCUT2D eigenvalue weighted by molar-refractivity contribution is 0.596. The molecular weight excluding hydrogens is 341 g/mol. The fourth-order valence-electron chi connectivity index (χ4n) is 2.15. The first kappa shape index (κ1) is 15.3. The van der Waals surface area contributed by atoms with Crippen molar-refractivity contribution in [2.24, 2.45) is 0 Å². The Morgan fingerprint density at radius 2 is 1.68 bits per heavy atom. The minimum atomic E-state index is -3.73. The predicted octanol–water partition coefficient (Wildman–Crippen LogP) is 4.68. The molecule has 0 aliphatic heterocycles. The van der Waals surface area contributed by atoms with Gasteiger partial charge in [0.15, 0.2) is 0 Å². The van der Waals surface area contributed by atoms with Crippen LogP contribution in [0, 0.1) is 6.92 Å². The molecule has 0 fully saturated rings. The van der Waals surface area contributed by atoms with Gasteiger partial charge in [-0.05, 0) is 37.3 Å². The van der Waals surface area contributed by atoms with Crippen LogP contribution in [0.5, 0.6) is 0 Å². The van der Waals surface area contributed by atoms with E-state index >= 15 is 0 Å². The molecule has 3 aromatic rings. The molecule has 3 nitrogen and oxygen atoms in total. The Balaban J connectivity index is 2.25. The molecule has 0 atom stereocenters. The van der Waals surface area contributed by atoms with Gasteiger partial charge in [-0.3, -0.25) is 4.98 Å². The van der Waals surface area contributed by atoms with Crippen molar-refractivity contribution >= 4 is 43.9 Å². The molecule has 112 valence electrons. The third-order valence-electron chi connectivity index (χ3n) is 3.35. The van der Waals surface area contributed by atoms with E-state index in [-0.39, 0.29) is 14.8 Å². The fraction of sp³-hybridized carbons (Fsp3) is 0.0625. The summed E-state index contributed by atoms with van der Waals surface area (Å²) in [5.41, 5.74) is 1.57. The Labute approximate surface area is 138 Å². The normalized spacial score (nSPS) is 11.8. The predicted molar refractivity (Wildman–Crippen MR) is 88.4 cm³/mol. The highest BCUT2D eigenvalue weighted by Crippen LogP contribution is 2.33. The highest BCUT2D eigenvalue weighted by Gasteiger charge is 2.22. The van der Waals surface area contributed by atoms with Gasteiger partial charge >= 0.3 is 0 Å². The van der Waals surface area contributed by atoms with Crippen LogP contribution in [-0.2, 0) is 9.84 Å². The van der Waals surface area contributed by atoms with E-state index in [1.165, 1.54) is 6.20 Å². The maximum absolute atomic E-state index is 12.7. The van der Waals surface area contributed by atoms with Gasteiger partial charge in [0.2, 0.25) is 9.84 Å². The fourth-order valence-corrected chi connectivity index (χ4v) is 4.11. The first-order valence-corrected chi connectivity index (χ1v) is 8.69. The SMILES string of the molecule is Cc1ccc(S(=O)(=O)c2cnc3ccc(Cl)cc3c2Cl)cc1. The molecule has 1 aromatic heterocycles. The number of fused-ring (bicyclic) bond motifs is 1. The van der Waals surface area contributed by atoms with Gasteiger partial charge in [-0.15, -0.1) is 0 Å². The molecule has 0 spiro atoms. The number of nitrogens with zero attached hydrogens (tertiary/aromatic N) is 1. The summed E-state index contributed by atoms with van der Waals surface area (Å²) in [4.78, 5) is 4.33. The minimum Gasteiger partial charge on any atom is -0.255 e. The molecule has 0 saturated heterocycles. The van der Waals surface area contributed by atoms with Crippen LogP contribution in [0.1, 0.15) is 5.56 Å².